The van der Waals surface area contributed by atoms with Gasteiger partial charge in [-0.05, 0) is 13.0 Å². The van der Waals surface area contributed by atoms with E-state index in [1.165, 1.54) is 0 Å². The van der Waals surface area contributed by atoms with Gasteiger partial charge in [-0.25, -0.2) is 4.79 Å². The fourth-order valence-electron chi connectivity index (χ4n) is 2.77. The van der Waals surface area contributed by atoms with Gasteiger partial charge in [0, 0.05) is 52.7 Å². The zero-order valence-corrected chi connectivity index (χ0v) is 12.2. The van der Waals surface area contributed by atoms with Crippen molar-refractivity contribution in [3.63, 3.8) is 0 Å². The van der Waals surface area contributed by atoms with Crippen LogP contribution >= 0.6 is 0 Å². The van der Waals surface area contributed by atoms with Crippen molar-refractivity contribution in [2.75, 3.05) is 52.9 Å². The smallest absolute Gasteiger partial charge is 0.317 e. The highest BCUT2D eigenvalue weighted by Gasteiger charge is 2.35. The van der Waals surface area contributed by atoms with E-state index in [4.69, 9.17) is 5.73 Å². The summed E-state index contributed by atoms with van der Waals surface area (Å²) >= 11 is 0. The first-order valence-corrected chi connectivity index (χ1v) is 7.32. The SMILES string of the molecule is CN(CCCN)C(=O)CCN1CCN2C(=O)NCC2C1. The topological polar surface area (TPSA) is 81.9 Å². The standard InChI is InChI=1S/C13H25N5O2/c1-16(5-2-4-14)12(19)3-6-17-7-8-18-11(10-17)9-15-13(18)20/h11H,2-10,14H2,1H3,(H,15,20). The van der Waals surface area contributed by atoms with E-state index in [9.17, 15) is 9.59 Å². The molecule has 2 aliphatic heterocycles. The predicted molar refractivity (Wildman–Crippen MR) is 76.3 cm³/mol. The molecule has 2 aliphatic rings. The molecule has 0 saturated carbocycles. The lowest BCUT2D eigenvalue weighted by Crippen LogP contribution is -2.52. The van der Waals surface area contributed by atoms with Crippen molar-refractivity contribution in [1.82, 2.24) is 20.0 Å². The fraction of sp³-hybridized carbons (Fsp3) is 0.846. The van der Waals surface area contributed by atoms with Gasteiger partial charge in [0.1, 0.15) is 0 Å². The molecule has 1 atom stereocenters. The van der Waals surface area contributed by atoms with Crippen molar-refractivity contribution in [3.8, 4) is 0 Å². The van der Waals surface area contributed by atoms with Gasteiger partial charge in [0.2, 0.25) is 5.91 Å². The third kappa shape index (κ3) is 3.61. The Hall–Kier alpha value is -1.34. The molecule has 1 unspecified atom stereocenters. The van der Waals surface area contributed by atoms with E-state index in [0.717, 1.165) is 45.7 Å². The molecule has 114 valence electrons. The first-order valence-electron chi connectivity index (χ1n) is 7.32. The van der Waals surface area contributed by atoms with Crippen LogP contribution in [0.15, 0.2) is 0 Å². The van der Waals surface area contributed by atoms with Crippen LogP contribution in [0.2, 0.25) is 0 Å². The summed E-state index contributed by atoms with van der Waals surface area (Å²) < 4.78 is 0. The van der Waals surface area contributed by atoms with Gasteiger partial charge in [-0.15, -0.1) is 0 Å². The average molecular weight is 283 g/mol. The van der Waals surface area contributed by atoms with Crippen LogP contribution in [-0.2, 0) is 4.79 Å². The summed E-state index contributed by atoms with van der Waals surface area (Å²) in [6, 6.07) is 0.313. The van der Waals surface area contributed by atoms with Crippen molar-refractivity contribution in [1.29, 1.82) is 0 Å². The van der Waals surface area contributed by atoms with Gasteiger partial charge in [-0.3, -0.25) is 9.69 Å². The van der Waals surface area contributed by atoms with Crippen LogP contribution in [0.4, 0.5) is 4.79 Å². The van der Waals surface area contributed by atoms with Crippen LogP contribution < -0.4 is 11.1 Å². The number of hydrogen-bond donors (Lipinski definition) is 2. The van der Waals surface area contributed by atoms with E-state index in [0.29, 0.717) is 13.0 Å². The van der Waals surface area contributed by atoms with Gasteiger partial charge in [0.15, 0.2) is 0 Å². The van der Waals surface area contributed by atoms with Crippen LogP contribution in [0.3, 0.4) is 0 Å². The number of rotatable bonds is 6. The summed E-state index contributed by atoms with van der Waals surface area (Å²) in [6.07, 6.45) is 1.38. The second kappa shape index (κ2) is 6.90. The maximum absolute atomic E-state index is 12.0. The number of hydrogen-bond acceptors (Lipinski definition) is 4. The number of urea groups is 1. The minimum Gasteiger partial charge on any atom is -0.346 e. The van der Waals surface area contributed by atoms with Crippen LogP contribution in [0.25, 0.3) is 0 Å². The Labute approximate surface area is 120 Å². The van der Waals surface area contributed by atoms with Crippen molar-refractivity contribution in [3.05, 3.63) is 0 Å². The molecule has 20 heavy (non-hydrogen) atoms. The molecule has 7 nitrogen and oxygen atoms in total. The van der Waals surface area contributed by atoms with Gasteiger partial charge in [0.25, 0.3) is 0 Å². The van der Waals surface area contributed by atoms with Crippen LogP contribution in [0.5, 0.6) is 0 Å². The van der Waals surface area contributed by atoms with Gasteiger partial charge < -0.3 is 20.9 Å². The van der Waals surface area contributed by atoms with Crippen molar-refractivity contribution in [2.45, 2.75) is 18.9 Å². The predicted octanol–water partition coefficient (Wildman–Crippen LogP) is -1.11. The zero-order chi connectivity index (χ0) is 14.5. The Bertz CT molecular complexity index is 363. The molecule has 3 amide bonds. The molecule has 0 aliphatic carbocycles. The Kier molecular flexibility index (Phi) is 5.19. The first kappa shape index (κ1) is 15.1. The number of amides is 3. The van der Waals surface area contributed by atoms with Crippen molar-refractivity contribution >= 4 is 11.9 Å². The normalized spacial score (nSPS) is 22.6. The third-order valence-electron chi connectivity index (χ3n) is 4.08. The highest BCUT2D eigenvalue weighted by molar-refractivity contribution is 5.77. The Morgan fingerprint density at radius 1 is 1.50 bits per heavy atom. The summed E-state index contributed by atoms with van der Waals surface area (Å²) in [5.74, 6) is 0.168. The third-order valence-corrected chi connectivity index (χ3v) is 4.08. The minimum absolute atomic E-state index is 0.0484. The van der Waals surface area contributed by atoms with E-state index in [1.807, 2.05) is 11.9 Å². The Balaban J connectivity index is 1.70. The van der Waals surface area contributed by atoms with E-state index in [2.05, 4.69) is 10.2 Å². The number of nitrogens with two attached hydrogens (primary N) is 1. The van der Waals surface area contributed by atoms with E-state index >= 15 is 0 Å². The maximum atomic E-state index is 12.0. The largest absolute Gasteiger partial charge is 0.346 e. The molecule has 2 saturated heterocycles. The molecule has 0 spiro atoms. The Morgan fingerprint density at radius 3 is 3.05 bits per heavy atom. The lowest BCUT2D eigenvalue weighted by atomic mass is 10.2. The van der Waals surface area contributed by atoms with Gasteiger partial charge in [0.05, 0.1) is 6.04 Å². The monoisotopic (exact) mass is 283 g/mol. The lowest BCUT2D eigenvalue weighted by molar-refractivity contribution is -0.130. The van der Waals surface area contributed by atoms with Crippen LogP contribution in [-0.4, -0.2) is 85.5 Å². The molecule has 7 heteroatoms. The molecule has 0 aromatic rings. The Morgan fingerprint density at radius 2 is 2.30 bits per heavy atom. The molecule has 2 rings (SSSR count). The highest BCUT2D eigenvalue weighted by atomic mass is 16.2. The van der Waals surface area contributed by atoms with E-state index in [-0.39, 0.29) is 18.0 Å². The summed E-state index contributed by atoms with van der Waals surface area (Å²) in [7, 11) is 1.83. The maximum Gasteiger partial charge on any atom is 0.317 e. The summed E-state index contributed by atoms with van der Waals surface area (Å²) in [6.45, 7) is 5.30. The van der Waals surface area contributed by atoms with Crippen molar-refractivity contribution in [2.24, 2.45) is 5.73 Å². The number of fused-ring (bicyclic) bond motifs is 1. The molecule has 0 aromatic heterocycles. The number of carbonyl (C=O) groups excluding carboxylic acids is 2. The second-order valence-electron chi connectivity index (χ2n) is 5.54. The van der Waals surface area contributed by atoms with Gasteiger partial charge in [-0.1, -0.05) is 0 Å². The quantitative estimate of drug-likeness (QED) is 0.648. The van der Waals surface area contributed by atoms with E-state index < -0.39 is 0 Å². The lowest BCUT2D eigenvalue weighted by Gasteiger charge is -2.36. The first-order chi connectivity index (χ1) is 9.61. The molecule has 0 aromatic carbocycles. The van der Waals surface area contributed by atoms with Crippen LogP contribution in [0.1, 0.15) is 12.8 Å². The fourth-order valence-corrected chi connectivity index (χ4v) is 2.77. The molecule has 3 N–H and O–H groups in total. The van der Waals surface area contributed by atoms with Gasteiger partial charge in [-0.2, -0.15) is 0 Å². The second-order valence-corrected chi connectivity index (χ2v) is 5.54. The molecule has 2 heterocycles. The highest BCUT2D eigenvalue weighted by Crippen LogP contribution is 2.14. The molecule has 0 bridgehead atoms. The number of nitrogens with one attached hydrogen (secondary N) is 1. The van der Waals surface area contributed by atoms with Crippen molar-refractivity contribution < 1.29 is 9.59 Å². The number of nitrogens with zero attached hydrogens (tertiary/aromatic N) is 3. The zero-order valence-electron chi connectivity index (χ0n) is 12.2. The summed E-state index contributed by atoms with van der Waals surface area (Å²) in [5.41, 5.74) is 5.44. The van der Waals surface area contributed by atoms with Gasteiger partial charge >= 0.3 is 6.03 Å². The number of piperazine rings is 1. The minimum atomic E-state index is 0.0484. The summed E-state index contributed by atoms with van der Waals surface area (Å²) in [4.78, 5) is 29.4. The average Bonchev–Trinajstić information content (AvgIpc) is 2.83. The number of carbonyl (C=O) groups is 2. The molecular weight excluding hydrogens is 258 g/mol. The molecule has 0 radical (unpaired) electrons. The summed E-state index contributed by atoms with van der Waals surface area (Å²) in [5, 5.41) is 2.86. The molecule has 2 fully saturated rings. The van der Waals surface area contributed by atoms with E-state index in [1.54, 1.807) is 4.90 Å². The molecular formula is C13H25N5O2. The van der Waals surface area contributed by atoms with Crippen LogP contribution in [0, 0.1) is 0 Å².